The molecular formula is C40H61IO10S4. The number of rotatable bonds is 5. The Morgan fingerprint density at radius 1 is 0.564 bits per heavy atom. The molecular weight excluding hydrogens is 896 g/mol. The Hall–Kier alpha value is -1.25. The Morgan fingerprint density at radius 2 is 0.855 bits per heavy atom. The normalized spacial score (nSPS) is 15.4. The lowest BCUT2D eigenvalue weighted by Gasteiger charge is -2.19. The zero-order valence-electron chi connectivity index (χ0n) is 34.2. The summed E-state index contributed by atoms with van der Waals surface area (Å²) in [6, 6.07) is 27.6. The highest BCUT2D eigenvalue weighted by molar-refractivity contribution is 7.99. The van der Waals surface area contributed by atoms with Gasteiger partial charge in [-0.1, -0.05) is 98.7 Å². The first-order chi connectivity index (χ1) is 25.4. The molecule has 0 aliphatic carbocycles. The molecule has 0 spiro atoms. The van der Waals surface area contributed by atoms with Crippen molar-refractivity contribution in [2.45, 2.75) is 83.5 Å². The van der Waals surface area contributed by atoms with E-state index in [1.54, 1.807) is 0 Å². The minimum atomic E-state index is -3.72. The summed E-state index contributed by atoms with van der Waals surface area (Å²) in [5, 5.41) is 17.7. The molecule has 0 saturated carbocycles. The lowest BCUT2D eigenvalue weighted by molar-refractivity contribution is -0.634. The third kappa shape index (κ3) is 24.3. The SMILES string of the molecule is C1CSCCO1.CC(C)(C)c1ccc([I+]c2ccc(C(C)(C)C)cc2)cc1.CC(C)(C)c1ccc([S+]2CCOCC2)cc1.CS(=O)(=O)O[O-].CS(=O)(=O)O[O-]. The average Bonchev–Trinajstić information content (AvgIpc) is 3.13. The van der Waals surface area contributed by atoms with E-state index in [4.69, 9.17) is 20.0 Å². The van der Waals surface area contributed by atoms with E-state index in [0.717, 1.165) is 26.4 Å². The van der Waals surface area contributed by atoms with Crippen LogP contribution in [0.5, 0.6) is 0 Å². The summed E-state index contributed by atoms with van der Waals surface area (Å²) < 4.78 is 56.6. The van der Waals surface area contributed by atoms with Crippen molar-refractivity contribution in [3.05, 3.63) is 96.6 Å². The standard InChI is InChI=1S/C20H26I.C14H21OS.C4H8OS.2CH4O4S/c1-19(2,3)15-7-11-17(12-8-15)21-18-13-9-16(10-14-18)20(4,5)6;1-14(2,3)12-4-6-13(7-5-12)16-10-8-15-9-11-16;1-3-6-4-2-5-1;2*1-6(3,4)5-2/h7-14H,1-6H3;4-7H,8-11H2,1-3H3;1-4H2;2*2H,1H3/q2*+1;;;/p-2. The van der Waals surface area contributed by atoms with Gasteiger partial charge in [0.25, 0.3) is 20.2 Å². The number of hydrogen-bond acceptors (Lipinski definition) is 11. The van der Waals surface area contributed by atoms with Gasteiger partial charge >= 0.3 is 21.2 Å². The molecule has 3 aromatic carbocycles. The molecule has 3 aromatic rings. The molecule has 0 aromatic heterocycles. The van der Waals surface area contributed by atoms with E-state index in [2.05, 4.69) is 144 Å². The molecule has 15 heteroatoms. The molecule has 0 radical (unpaired) electrons. The summed E-state index contributed by atoms with van der Waals surface area (Å²) in [7, 11) is -7.00. The number of ether oxygens (including phenoxy) is 2. The van der Waals surface area contributed by atoms with Crippen LogP contribution < -0.4 is 31.7 Å². The first-order valence-electron chi connectivity index (χ1n) is 17.8. The zero-order valence-corrected chi connectivity index (χ0v) is 39.6. The molecule has 0 unspecified atom stereocenters. The Morgan fingerprint density at radius 3 is 1.09 bits per heavy atom. The van der Waals surface area contributed by atoms with Crippen LogP contribution >= 0.6 is 11.8 Å². The third-order valence-corrected chi connectivity index (χ3v) is 14.0. The molecule has 5 rings (SSSR count). The van der Waals surface area contributed by atoms with Crippen LogP contribution in [0.1, 0.15) is 79.0 Å². The molecule has 2 heterocycles. The number of benzene rings is 3. The lowest BCUT2D eigenvalue weighted by atomic mass is 9.87. The van der Waals surface area contributed by atoms with Crippen LogP contribution in [-0.4, -0.2) is 78.8 Å². The molecule has 2 fully saturated rings. The fourth-order valence-corrected chi connectivity index (χ4v) is 9.17. The molecule has 2 aliphatic rings. The van der Waals surface area contributed by atoms with E-state index in [0.29, 0.717) is 23.4 Å². The summed E-state index contributed by atoms with van der Waals surface area (Å²) in [6.45, 7) is 24.2. The molecule has 2 aliphatic heterocycles. The van der Waals surface area contributed by atoms with Crippen molar-refractivity contribution < 1.29 is 66.7 Å². The molecule has 0 bridgehead atoms. The highest BCUT2D eigenvalue weighted by Gasteiger charge is 2.26. The van der Waals surface area contributed by atoms with E-state index < -0.39 is 20.2 Å². The zero-order chi connectivity index (χ0) is 41.9. The first-order valence-corrected chi connectivity index (χ1v) is 26.3. The molecule has 0 N–H and O–H groups in total. The van der Waals surface area contributed by atoms with Crippen LogP contribution in [0.2, 0.25) is 0 Å². The van der Waals surface area contributed by atoms with Gasteiger partial charge < -0.3 is 28.7 Å². The van der Waals surface area contributed by atoms with Gasteiger partial charge in [-0.05, 0) is 69.3 Å². The van der Waals surface area contributed by atoms with Gasteiger partial charge in [0.05, 0.1) is 38.9 Å². The fourth-order valence-electron chi connectivity index (χ4n) is 4.50. The van der Waals surface area contributed by atoms with E-state index in [1.165, 1.54) is 51.7 Å². The van der Waals surface area contributed by atoms with Crippen LogP contribution in [0.15, 0.2) is 77.7 Å². The molecule has 55 heavy (non-hydrogen) atoms. The largest absolute Gasteiger partial charge is 0.707 e. The first kappa shape index (κ1) is 51.8. The van der Waals surface area contributed by atoms with Crippen LogP contribution in [0.3, 0.4) is 0 Å². The number of halogens is 1. The van der Waals surface area contributed by atoms with Crippen molar-refractivity contribution >= 4 is 42.9 Å². The van der Waals surface area contributed by atoms with Gasteiger partial charge in [-0.15, -0.1) is 0 Å². The molecule has 0 atom stereocenters. The minimum Gasteiger partial charge on any atom is -0.707 e. The van der Waals surface area contributed by atoms with Crippen LogP contribution in [0, 0.1) is 7.14 Å². The van der Waals surface area contributed by atoms with Crippen molar-refractivity contribution in [3.63, 3.8) is 0 Å². The summed E-state index contributed by atoms with van der Waals surface area (Å²) in [6.07, 6.45) is 1.36. The Balaban J connectivity index is 0.000000388. The molecule has 10 nitrogen and oxygen atoms in total. The maximum absolute atomic E-state index is 9.47. The van der Waals surface area contributed by atoms with E-state index in [1.807, 2.05) is 11.8 Å². The smallest absolute Gasteiger partial charge is 0.357 e. The second-order valence-electron chi connectivity index (χ2n) is 15.7. The topological polar surface area (TPSA) is 151 Å². The highest BCUT2D eigenvalue weighted by atomic mass is 127. The van der Waals surface area contributed by atoms with Gasteiger partial charge in [-0.3, -0.25) is 0 Å². The van der Waals surface area contributed by atoms with Gasteiger partial charge in [0.2, 0.25) is 0 Å². The van der Waals surface area contributed by atoms with Crippen LogP contribution in [0.25, 0.3) is 0 Å². The summed E-state index contributed by atoms with van der Waals surface area (Å²) in [5.41, 5.74) is 5.00. The summed E-state index contributed by atoms with van der Waals surface area (Å²) in [5.74, 6) is 4.80. The van der Waals surface area contributed by atoms with Crippen molar-refractivity contribution in [1.29, 1.82) is 0 Å². The van der Waals surface area contributed by atoms with Gasteiger partial charge in [0.15, 0.2) is 12.0 Å². The predicted octanol–water partition coefficient (Wildman–Crippen LogP) is 2.63. The summed E-state index contributed by atoms with van der Waals surface area (Å²) in [4.78, 5) is 1.51. The van der Waals surface area contributed by atoms with Crippen LogP contribution in [-0.2, 0) is 65.5 Å². The van der Waals surface area contributed by atoms with Crippen molar-refractivity contribution in [2.24, 2.45) is 0 Å². The van der Waals surface area contributed by atoms with E-state index in [9.17, 15) is 16.8 Å². The highest BCUT2D eigenvalue weighted by Crippen LogP contribution is 2.25. The van der Waals surface area contributed by atoms with Crippen molar-refractivity contribution in [3.8, 4) is 0 Å². The maximum Gasteiger partial charge on any atom is 0.357 e. The minimum absolute atomic E-state index is 0.0703. The monoisotopic (exact) mass is 956 g/mol. The Labute approximate surface area is 349 Å². The lowest BCUT2D eigenvalue weighted by Crippen LogP contribution is -3.61. The van der Waals surface area contributed by atoms with E-state index >= 15 is 0 Å². The molecule has 0 amide bonds. The van der Waals surface area contributed by atoms with Gasteiger partial charge in [0.1, 0.15) is 11.5 Å². The van der Waals surface area contributed by atoms with E-state index in [-0.39, 0.29) is 37.5 Å². The quantitative estimate of drug-likeness (QED) is 0.161. The average molecular weight is 957 g/mol. The van der Waals surface area contributed by atoms with Crippen molar-refractivity contribution in [1.82, 2.24) is 0 Å². The van der Waals surface area contributed by atoms with Crippen molar-refractivity contribution in [2.75, 3.05) is 62.0 Å². The summed E-state index contributed by atoms with van der Waals surface area (Å²) >= 11 is 1.90. The number of hydrogen-bond donors (Lipinski definition) is 0. The Bertz CT molecular complexity index is 1600. The second-order valence-corrected chi connectivity index (χ2v) is 25.3. The van der Waals surface area contributed by atoms with Gasteiger partial charge in [-0.2, -0.15) is 11.8 Å². The molecule has 2 saturated heterocycles. The van der Waals surface area contributed by atoms with Gasteiger partial charge in [-0.25, -0.2) is 16.8 Å². The maximum atomic E-state index is 9.47. The molecule has 312 valence electrons. The van der Waals surface area contributed by atoms with Gasteiger partial charge in [0, 0.05) is 22.4 Å². The predicted molar refractivity (Wildman–Crippen MR) is 219 cm³/mol. The number of thioether (sulfide) groups is 1. The van der Waals surface area contributed by atoms with Crippen LogP contribution in [0.4, 0.5) is 0 Å². The third-order valence-electron chi connectivity index (χ3n) is 7.63. The second kappa shape index (κ2) is 24.6. The fraction of sp³-hybridized carbons (Fsp3) is 0.550. The Kier molecular flexibility index (Phi) is 23.2.